The number of carbonyl (C=O) groups excluding carboxylic acids is 1. The van der Waals surface area contributed by atoms with Crippen LogP contribution < -0.4 is 11.1 Å². The Morgan fingerprint density at radius 3 is 2.65 bits per heavy atom. The van der Waals surface area contributed by atoms with E-state index in [2.05, 4.69) is 12.2 Å². The van der Waals surface area contributed by atoms with Crippen molar-refractivity contribution in [3.05, 3.63) is 0 Å². The molecule has 0 radical (unpaired) electrons. The van der Waals surface area contributed by atoms with Crippen molar-refractivity contribution in [3.8, 4) is 0 Å². The summed E-state index contributed by atoms with van der Waals surface area (Å²) in [5.41, 5.74) is 5.98. The van der Waals surface area contributed by atoms with Crippen molar-refractivity contribution < 1.29 is 9.53 Å². The fourth-order valence-corrected chi connectivity index (χ4v) is 2.45. The van der Waals surface area contributed by atoms with Crippen LogP contribution in [0.1, 0.15) is 45.4 Å². The average molecular weight is 242 g/mol. The summed E-state index contributed by atoms with van der Waals surface area (Å²) in [6.07, 6.45) is 5.99. The molecular weight excluding hydrogens is 216 g/mol. The van der Waals surface area contributed by atoms with Crippen molar-refractivity contribution >= 4 is 5.91 Å². The van der Waals surface area contributed by atoms with E-state index in [1.165, 1.54) is 6.42 Å². The maximum atomic E-state index is 11.8. The predicted octanol–water partition coefficient (Wildman–Crippen LogP) is 1.44. The highest BCUT2D eigenvalue weighted by Crippen LogP contribution is 2.28. The van der Waals surface area contributed by atoms with E-state index in [-0.39, 0.29) is 11.4 Å². The van der Waals surface area contributed by atoms with Gasteiger partial charge in [-0.2, -0.15) is 0 Å². The number of amides is 1. The van der Waals surface area contributed by atoms with Gasteiger partial charge in [0.15, 0.2) is 0 Å². The van der Waals surface area contributed by atoms with Crippen LogP contribution >= 0.6 is 0 Å². The molecule has 3 N–H and O–H groups in total. The van der Waals surface area contributed by atoms with Gasteiger partial charge in [0.1, 0.15) is 0 Å². The number of nitrogens with two attached hydrogens (primary N) is 1. The van der Waals surface area contributed by atoms with Gasteiger partial charge < -0.3 is 15.8 Å². The lowest BCUT2D eigenvalue weighted by molar-refractivity contribution is -0.122. The second-order valence-electron chi connectivity index (χ2n) is 5.46. The molecule has 4 nitrogen and oxygen atoms in total. The van der Waals surface area contributed by atoms with Crippen LogP contribution in [0.25, 0.3) is 0 Å². The molecule has 1 atom stereocenters. The number of carbonyl (C=O) groups is 1. The molecule has 100 valence electrons. The first-order valence-electron chi connectivity index (χ1n) is 6.60. The quantitative estimate of drug-likeness (QED) is 0.740. The Labute approximate surface area is 104 Å². The van der Waals surface area contributed by atoms with Crippen molar-refractivity contribution in [2.75, 3.05) is 20.3 Å². The molecule has 0 heterocycles. The Kier molecular flexibility index (Phi) is 5.92. The second kappa shape index (κ2) is 6.97. The van der Waals surface area contributed by atoms with Gasteiger partial charge in [-0.05, 0) is 18.8 Å². The summed E-state index contributed by atoms with van der Waals surface area (Å²) in [5, 5.41) is 2.94. The lowest BCUT2D eigenvalue weighted by Crippen LogP contribution is -2.46. The molecule has 1 saturated carbocycles. The molecule has 0 spiro atoms. The van der Waals surface area contributed by atoms with Crippen LogP contribution in [-0.2, 0) is 9.53 Å². The molecular formula is C13H26N2O2. The number of ether oxygens (including phenoxy) is 1. The molecule has 0 aromatic carbocycles. The number of nitrogens with one attached hydrogen (secondary N) is 1. The summed E-state index contributed by atoms with van der Waals surface area (Å²) < 4.78 is 5.03. The summed E-state index contributed by atoms with van der Waals surface area (Å²) in [6, 6.07) is 0. The molecule has 0 bridgehead atoms. The monoisotopic (exact) mass is 242 g/mol. The molecule has 1 rings (SSSR count). The summed E-state index contributed by atoms with van der Waals surface area (Å²) >= 11 is 0. The molecule has 4 heteroatoms. The van der Waals surface area contributed by atoms with Crippen LogP contribution in [-0.4, -0.2) is 31.7 Å². The van der Waals surface area contributed by atoms with E-state index in [0.717, 1.165) is 25.7 Å². The normalized spacial score (nSPS) is 20.9. The summed E-state index contributed by atoms with van der Waals surface area (Å²) in [5.74, 6) is 0.432. The first-order chi connectivity index (χ1) is 8.06. The smallest absolute Gasteiger partial charge is 0.221 e. The van der Waals surface area contributed by atoms with Crippen molar-refractivity contribution in [1.82, 2.24) is 5.32 Å². The maximum absolute atomic E-state index is 11.8. The maximum Gasteiger partial charge on any atom is 0.221 e. The topological polar surface area (TPSA) is 64.3 Å². The third-order valence-corrected chi connectivity index (χ3v) is 3.46. The highest BCUT2D eigenvalue weighted by atomic mass is 16.5. The zero-order valence-electron chi connectivity index (χ0n) is 11.1. The molecule has 1 amide bonds. The van der Waals surface area contributed by atoms with Crippen LogP contribution in [0.5, 0.6) is 0 Å². The molecule has 1 aliphatic rings. The molecule has 0 aliphatic heterocycles. The molecule has 17 heavy (non-hydrogen) atoms. The minimum atomic E-state index is -0.257. The van der Waals surface area contributed by atoms with Gasteiger partial charge in [-0.1, -0.05) is 26.2 Å². The standard InChI is InChI=1S/C13H26N2O2/c1-11(10-17-2)9-15-12(16)8-13(14)6-4-3-5-7-13/h11H,3-10,14H2,1-2H3,(H,15,16). The van der Waals surface area contributed by atoms with Gasteiger partial charge >= 0.3 is 0 Å². The van der Waals surface area contributed by atoms with Gasteiger partial charge in [-0.15, -0.1) is 0 Å². The number of methoxy groups -OCH3 is 1. The molecule has 0 aromatic rings. The molecule has 0 aromatic heterocycles. The lowest BCUT2D eigenvalue weighted by Gasteiger charge is -2.32. The Hall–Kier alpha value is -0.610. The van der Waals surface area contributed by atoms with E-state index in [1.54, 1.807) is 7.11 Å². The highest BCUT2D eigenvalue weighted by molar-refractivity contribution is 5.77. The van der Waals surface area contributed by atoms with Gasteiger partial charge in [-0.25, -0.2) is 0 Å². The predicted molar refractivity (Wildman–Crippen MR) is 68.7 cm³/mol. The van der Waals surface area contributed by atoms with Crippen molar-refractivity contribution in [2.24, 2.45) is 11.7 Å². The van der Waals surface area contributed by atoms with Crippen molar-refractivity contribution in [1.29, 1.82) is 0 Å². The van der Waals surface area contributed by atoms with Crippen molar-refractivity contribution in [2.45, 2.75) is 51.0 Å². The van der Waals surface area contributed by atoms with Gasteiger partial charge in [0.25, 0.3) is 0 Å². The van der Waals surface area contributed by atoms with Crippen LogP contribution in [0.3, 0.4) is 0 Å². The lowest BCUT2D eigenvalue weighted by atomic mass is 9.80. The largest absolute Gasteiger partial charge is 0.384 e. The molecule has 1 fully saturated rings. The zero-order chi connectivity index (χ0) is 12.7. The van der Waals surface area contributed by atoms with E-state index in [4.69, 9.17) is 10.5 Å². The van der Waals surface area contributed by atoms with Crippen LogP contribution in [0.4, 0.5) is 0 Å². The van der Waals surface area contributed by atoms with Crippen LogP contribution in [0, 0.1) is 5.92 Å². The van der Waals surface area contributed by atoms with E-state index in [9.17, 15) is 4.79 Å². The minimum Gasteiger partial charge on any atom is -0.384 e. The Morgan fingerprint density at radius 2 is 2.06 bits per heavy atom. The number of rotatable bonds is 6. The third kappa shape index (κ3) is 5.50. The first-order valence-corrected chi connectivity index (χ1v) is 6.60. The first kappa shape index (κ1) is 14.5. The minimum absolute atomic E-state index is 0.0809. The molecule has 1 aliphatic carbocycles. The van der Waals surface area contributed by atoms with E-state index < -0.39 is 0 Å². The van der Waals surface area contributed by atoms with E-state index in [0.29, 0.717) is 25.5 Å². The van der Waals surface area contributed by atoms with Crippen molar-refractivity contribution in [3.63, 3.8) is 0 Å². The van der Waals surface area contributed by atoms with Gasteiger partial charge in [-0.3, -0.25) is 4.79 Å². The third-order valence-electron chi connectivity index (χ3n) is 3.46. The highest BCUT2D eigenvalue weighted by Gasteiger charge is 2.29. The fraction of sp³-hybridized carbons (Fsp3) is 0.923. The Balaban J connectivity index is 2.24. The van der Waals surface area contributed by atoms with Gasteiger partial charge in [0.2, 0.25) is 5.91 Å². The average Bonchev–Trinajstić information content (AvgIpc) is 2.27. The van der Waals surface area contributed by atoms with E-state index in [1.807, 2.05) is 0 Å². The zero-order valence-corrected chi connectivity index (χ0v) is 11.1. The summed E-state index contributed by atoms with van der Waals surface area (Å²) in [7, 11) is 1.68. The summed E-state index contributed by atoms with van der Waals surface area (Å²) in [4.78, 5) is 11.8. The molecule has 1 unspecified atom stereocenters. The summed E-state index contributed by atoms with van der Waals surface area (Å²) in [6.45, 7) is 3.40. The Morgan fingerprint density at radius 1 is 1.41 bits per heavy atom. The second-order valence-corrected chi connectivity index (χ2v) is 5.46. The van der Waals surface area contributed by atoms with Gasteiger partial charge in [0, 0.05) is 25.6 Å². The molecule has 0 saturated heterocycles. The van der Waals surface area contributed by atoms with Crippen LogP contribution in [0.15, 0.2) is 0 Å². The van der Waals surface area contributed by atoms with Crippen LogP contribution in [0.2, 0.25) is 0 Å². The number of hydrogen-bond donors (Lipinski definition) is 2. The Bertz CT molecular complexity index is 238. The number of hydrogen-bond acceptors (Lipinski definition) is 3. The fourth-order valence-electron chi connectivity index (χ4n) is 2.45. The van der Waals surface area contributed by atoms with E-state index >= 15 is 0 Å². The van der Waals surface area contributed by atoms with Gasteiger partial charge in [0.05, 0.1) is 6.61 Å². The SMILES string of the molecule is COCC(C)CNC(=O)CC1(N)CCCCC1.